The zero-order valence-corrected chi connectivity index (χ0v) is 18.2. The monoisotopic (exact) mass is 442 g/mol. The highest BCUT2D eigenvalue weighted by molar-refractivity contribution is 7.94. The molecule has 0 amide bonds. The van der Waals surface area contributed by atoms with Gasteiger partial charge < -0.3 is 13.8 Å². The quantitative estimate of drug-likeness (QED) is 0.362. The maximum absolute atomic E-state index is 13.0. The highest BCUT2D eigenvalue weighted by atomic mass is 32.2. The molecule has 2 unspecified atom stereocenters. The average molecular weight is 442 g/mol. The Bertz CT molecular complexity index is 878. The van der Waals surface area contributed by atoms with E-state index in [1.807, 2.05) is 48.5 Å². The molecule has 2 atom stereocenters. The Morgan fingerprint density at radius 2 is 1.41 bits per heavy atom. The van der Waals surface area contributed by atoms with Gasteiger partial charge in [0.05, 0.1) is 13.2 Å². The molecule has 7 nitrogen and oxygen atoms in total. The van der Waals surface area contributed by atoms with Crippen LogP contribution >= 0.6 is 7.60 Å². The Morgan fingerprint density at radius 1 is 0.897 bits per heavy atom. The predicted molar refractivity (Wildman–Crippen MR) is 112 cm³/mol. The average Bonchev–Trinajstić information content (AvgIpc) is 2.68. The minimum atomic E-state index is -4.69. The lowest BCUT2D eigenvalue weighted by Crippen LogP contribution is -2.25. The lowest BCUT2D eigenvalue weighted by molar-refractivity contribution is 0.186. The number of para-hydroxylation sites is 1. The van der Waals surface area contributed by atoms with Gasteiger partial charge in [-0.3, -0.25) is 9.12 Å². The Kier molecular flexibility index (Phi) is 8.86. The first-order chi connectivity index (χ1) is 13.8. The molecule has 0 heterocycles. The second-order valence-electron chi connectivity index (χ2n) is 6.25. The molecule has 29 heavy (non-hydrogen) atoms. The van der Waals surface area contributed by atoms with Crippen molar-refractivity contribution in [2.75, 3.05) is 13.2 Å². The van der Waals surface area contributed by atoms with E-state index in [9.17, 15) is 17.5 Å². The Morgan fingerprint density at radius 3 is 1.90 bits per heavy atom. The summed E-state index contributed by atoms with van der Waals surface area (Å²) in [5, 5.41) is 0. The summed E-state index contributed by atoms with van der Waals surface area (Å²) >= 11 is 0. The van der Waals surface area contributed by atoms with Crippen LogP contribution in [0, 0.1) is 0 Å². The molecule has 0 saturated heterocycles. The summed E-state index contributed by atoms with van der Waals surface area (Å²) in [5.74, 6) is 0.613. The van der Waals surface area contributed by atoms with Gasteiger partial charge in [-0.25, -0.2) is 0 Å². The summed E-state index contributed by atoms with van der Waals surface area (Å²) in [6, 6.07) is 18.4. The second kappa shape index (κ2) is 10.9. The third-order valence-electron chi connectivity index (χ3n) is 4.18. The number of rotatable bonds is 12. The van der Waals surface area contributed by atoms with Gasteiger partial charge in [-0.05, 0) is 44.4 Å². The van der Waals surface area contributed by atoms with Gasteiger partial charge in [-0.1, -0.05) is 48.5 Å². The van der Waals surface area contributed by atoms with E-state index in [0.717, 1.165) is 5.56 Å². The molecule has 9 heteroatoms. The van der Waals surface area contributed by atoms with Gasteiger partial charge >= 0.3 is 7.60 Å². The number of hydrogen-bond donors (Lipinski definition) is 1. The summed E-state index contributed by atoms with van der Waals surface area (Å²) in [4.78, 5) is -1.69. The Labute approximate surface area is 172 Å². The van der Waals surface area contributed by atoms with Crippen LogP contribution in [0.2, 0.25) is 0 Å². The fourth-order valence-corrected chi connectivity index (χ4v) is 6.65. The highest BCUT2D eigenvalue weighted by Crippen LogP contribution is 2.56. The molecule has 0 aliphatic heterocycles. The first-order valence-electron chi connectivity index (χ1n) is 9.42. The van der Waals surface area contributed by atoms with Crippen LogP contribution in [0.3, 0.4) is 0 Å². The van der Waals surface area contributed by atoms with Crippen LogP contribution in [-0.2, 0) is 23.7 Å². The molecule has 0 spiro atoms. The van der Waals surface area contributed by atoms with Gasteiger partial charge in [-0.2, -0.15) is 8.42 Å². The van der Waals surface area contributed by atoms with Gasteiger partial charge in [-0.15, -0.1) is 0 Å². The normalized spacial score (nSPS) is 14.3. The molecule has 160 valence electrons. The van der Waals surface area contributed by atoms with Crippen LogP contribution in [0.4, 0.5) is 0 Å². The van der Waals surface area contributed by atoms with Crippen molar-refractivity contribution in [3.05, 3.63) is 66.2 Å². The number of benzene rings is 2. The molecule has 0 aromatic heterocycles. The smallest absolute Gasteiger partial charge is 0.351 e. The van der Waals surface area contributed by atoms with Gasteiger partial charge in [0.2, 0.25) is 0 Å². The summed E-state index contributed by atoms with van der Waals surface area (Å²) in [7, 11) is -8.76. The molecule has 0 aliphatic rings. The van der Waals surface area contributed by atoms with Crippen LogP contribution in [0.15, 0.2) is 60.7 Å². The molecule has 2 aromatic carbocycles. The van der Waals surface area contributed by atoms with Gasteiger partial charge in [0.1, 0.15) is 11.9 Å². The fourth-order valence-electron chi connectivity index (χ4n) is 2.95. The van der Waals surface area contributed by atoms with E-state index >= 15 is 0 Å². The van der Waals surface area contributed by atoms with E-state index in [1.54, 1.807) is 26.0 Å². The summed E-state index contributed by atoms with van der Waals surface area (Å²) in [5.41, 5.74) is 0.827. The lowest BCUT2D eigenvalue weighted by atomic mass is 10.1. The number of ether oxygens (including phenoxy) is 1. The van der Waals surface area contributed by atoms with Crippen molar-refractivity contribution in [3.63, 3.8) is 0 Å². The van der Waals surface area contributed by atoms with Gasteiger partial charge in [0.15, 0.2) is 4.99 Å². The molecule has 0 bridgehead atoms. The fraction of sp³-hybridized carbons (Fsp3) is 0.400. The van der Waals surface area contributed by atoms with E-state index in [0.29, 0.717) is 5.75 Å². The minimum absolute atomic E-state index is 0.00801. The van der Waals surface area contributed by atoms with Crippen molar-refractivity contribution in [2.24, 2.45) is 0 Å². The Hall–Kier alpha value is -1.70. The molecule has 2 aromatic rings. The van der Waals surface area contributed by atoms with Crippen LogP contribution in [-0.4, -0.2) is 31.2 Å². The summed E-state index contributed by atoms with van der Waals surface area (Å²) in [6.07, 6.45) is -0.504. The molecular weight excluding hydrogens is 415 g/mol. The predicted octanol–water partition coefficient (Wildman–Crippen LogP) is 5.07. The zero-order valence-electron chi connectivity index (χ0n) is 16.5. The van der Waals surface area contributed by atoms with Crippen molar-refractivity contribution in [2.45, 2.75) is 37.8 Å². The standard InChI is InChI=1S/C20H27O7PS/c1-3-25-28(21,26-4-2)20(29(22,23)24)16-15-19(17-11-7-5-8-12-17)27-18-13-9-6-10-14-18/h5-14,19-20H,3-4,15-16H2,1-2H3,(H,22,23,24). The highest BCUT2D eigenvalue weighted by Gasteiger charge is 2.44. The summed E-state index contributed by atoms with van der Waals surface area (Å²) < 4.78 is 63.2. The van der Waals surface area contributed by atoms with Crippen molar-refractivity contribution < 1.29 is 31.3 Å². The third kappa shape index (κ3) is 6.94. The summed E-state index contributed by atoms with van der Waals surface area (Å²) in [6.45, 7) is 3.15. The van der Waals surface area contributed by atoms with E-state index in [4.69, 9.17) is 13.8 Å². The SMILES string of the molecule is CCOP(=O)(OCC)C(CCC(Oc1ccccc1)c1ccccc1)S(=O)(=O)O. The third-order valence-corrected chi connectivity index (χ3v) is 8.88. The molecule has 0 saturated carbocycles. The van der Waals surface area contributed by atoms with Crippen LogP contribution in [0.5, 0.6) is 5.75 Å². The molecular formula is C20H27O7PS. The minimum Gasteiger partial charge on any atom is -0.486 e. The largest absolute Gasteiger partial charge is 0.486 e. The van der Waals surface area contributed by atoms with E-state index in [-0.39, 0.29) is 26.1 Å². The molecule has 1 N–H and O–H groups in total. The van der Waals surface area contributed by atoms with E-state index in [1.165, 1.54) is 0 Å². The molecule has 0 radical (unpaired) electrons. The van der Waals surface area contributed by atoms with Gasteiger partial charge in [0, 0.05) is 0 Å². The van der Waals surface area contributed by atoms with Crippen LogP contribution in [0.1, 0.15) is 38.4 Å². The molecule has 0 aliphatic carbocycles. The van der Waals surface area contributed by atoms with Crippen LogP contribution in [0.25, 0.3) is 0 Å². The maximum atomic E-state index is 13.0. The van der Waals surface area contributed by atoms with Crippen molar-refractivity contribution in [1.29, 1.82) is 0 Å². The van der Waals surface area contributed by atoms with Crippen molar-refractivity contribution >= 4 is 17.7 Å². The van der Waals surface area contributed by atoms with Gasteiger partial charge in [0.25, 0.3) is 10.1 Å². The maximum Gasteiger partial charge on any atom is 0.351 e. The zero-order chi connectivity index (χ0) is 21.3. The molecule has 2 rings (SSSR count). The first-order valence-corrected chi connectivity index (χ1v) is 12.5. The topological polar surface area (TPSA) is 99.1 Å². The first kappa shape index (κ1) is 23.6. The Balaban J connectivity index is 2.29. The van der Waals surface area contributed by atoms with Crippen molar-refractivity contribution in [1.82, 2.24) is 0 Å². The molecule has 0 fully saturated rings. The second-order valence-corrected chi connectivity index (χ2v) is 10.4. The van der Waals surface area contributed by atoms with Crippen LogP contribution < -0.4 is 4.74 Å². The van der Waals surface area contributed by atoms with Crippen molar-refractivity contribution in [3.8, 4) is 5.75 Å². The van der Waals surface area contributed by atoms with E-state index in [2.05, 4.69) is 0 Å². The number of hydrogen-bond acceptors (Lipinski definition) is 6. The lowest BCUT2D eigenvalue weighted by Gasteiger charge is -2.26. The van der Waals surface area contributed by atoms with E-state index < -0.39 is 28.8 Å².